The number of nitrogens with one attached hydrogen (secondary N) is 2. The first kappa shape index (κ1) is 16.7. The second-order valence-electron chi connectivity index (χ2n) is 4.67. The highest BCUT2D eigenvalue weighted by Gasteiger charge is 2.28. The Morgan fingerprint density at radius 1 is 1.40 bits per heavy atom. The number of rotatable bonds is 6. The fourth-order valence-corrected chi connectivity index (χ4v) is 3.01. The Balaban J connectivity index is 2.37. The van der Waals surface area contributed by atoms with Crippen molar-refractivity contribution in [2.24, 2.45) is 5.92 Å². The van der Waals surface area contributed by atoms with Crippen molar-refractivity contribution >= 4 is 22.0 Å². The minimum atomic E-state index is -3.36. The molecule has 1 saturated heterocycles. The predicted octanol–water partition coefficient (Wildman–Crippen LogP) is -0.568. The van der Waals surface area contributed by atoms with Crippen molar-refractivity contribution in [3.8, 4) is 0 Å². The molecule has 8 nitrogen and oxygen atoms in total. The second kappa shape index (κ2) is 7.44. The lowest BCUT2D eigenvalue weighted by Crippen LogP contribution is -2.48. The van der Waals surface area contributed by atoms with Crippen LogP contribution in [0, 0.1) is 5.92 Å². The molecule has 20 heavy (non-hydrogen) atoms. The minimum Gasteiger partial charge on any atom is -0.481 e. The first-order valence-electron chi connectivity index (χ1n) is 6.58. The third kappa shape index (κ3) is 5.33. The van der Waals surface area contributed by atoms with Crippen LogP contribution in [0.2, 0.25) is 0 Å². The number of hydrogen-bond donors (Lipinski definition) is 3. The summed E-state index contributed by atoms with van der Waals surface area (Å²) in [6.45, 7) is 2.65. The first-order chi connectivity index (χ1) is 9.35. The minimum absolute atomic E-state index is 0.00239. The maximum atomic E-state index is 11.8. The average Bonchev–Trinajstić information content (AvgIpc) is 2.38. The van der Waals surface area contributed by atoms with Gasteiger partial charge in [0.2, 0.25) is 10.0 Å². The van der Waals surface area contributed by atoms with Gasteiger partial charge in [-0.3, -0.25) is 4.79 Å². The molecule has 116 valence electrons. The summed E-state index contributed by atoms with van der Waals surface area (Å²) in [5, 5.41) is 11.4. The molecule has 0 aromatic rings. The molecule has 0 saturated carbocycles. The molecular formula is C11H21N3O5S. The van der Waals surface area contributed by atoms with Crippen molar-refractivity contribution in [3.05, 3.63) is 0 Å². The first-order valence-corrected chi connectivity index (χ1v) is 8.24. The van der Waals surface area contributed by atoms with Crippen molar-refractivity contribution in [2.45, 2.75) is 19.8 Å². The van der Waals surface area contributed by atoms with E-state index in [4.69, 9.17) is 5.11 Å². The number of carbonyl (C=O) groups excluding carboxylic acids is 1. The van der Waals surface area contributed by atoms with E-state index in [1.54, 1.807) is 6.92 Å². The number of carboxylic acids is 1. The number of sulfonamides is 1. The van der Waals surface area contributed by atoms with E-state index >= 15 is 0 Å². The molecule has 0 radical (unpaired) electrons. The molecule has 1 atom stereocenters. The molecule has 1 aliphatic rings. The Bertz CT molecular complexity index is 451. The Morgan fingerprint density at radius 2 is 2.10 bits per heavy atom. The third-order valence-electron chi connectivity index (χ3n) is 3.07. The molecule has 9 heteroatoms. The maximum Gasteiger partial charge on any atom is 0.317 e. The van der Waals surface area contributed by atoms with Crippen LogP contribution in [0.15, 0.2) is 0 Å². The molecule has 2 amide bonds. The van der Waals surface area contributed by atoms with Gasteiger partial charge < -0.3 is 15.3 Å². The van der Waals surface area contributed by atoms with E-state index < -0.39 is 27.9 Å². The number of urea groups is 1. The fraction of sp³-hybridized carbons (Fsp3) is 0.818. The van der Waals surface area contributed by atoms with Crippen LogP contribution in [0.5, 0.6) is 0 Å². The van der Waals surface area contributed by atoms with Gasteiger partial charge in [-0.1, -0.05) is 6.92 Å². The lowest BCUT2D eigenvalue weighted by atomic mass is 9.99. The van der Waals surface area contributed by atoms with Crippen LogP contribution >= 0.6 is 0 Å². The molecule has 1 aliphatic heterocycles. The smallest absolute Gasteiger partial charge is 0.317 e. The van der Waals surface area contributed by atoms with Gasteiger partial charge in [-0.25, -0.2) is 17.9 Å². The van der Waals surface area contributed by atoms with Gasteiger partial charge in [-0.05, 0) is 12.8 Å². The quantitative estimate of drug-likeness (QED) is 0.608. The summed E-state index contributed by atoms with van der Waals surface area (Å²) >= 11 is 0. The Hall–Kier alpha value is -1.35. The summed E-state index contributed by atoms with van der Waals surface area (Å²) in [7, 11) is -3.36. The molecular weight excluding hydrogens is 286 g/mol. The van der Waals surface area contributed by atoms with Crippen LogP contribution in [0.1, 0.15) is 19.8 Å². The highest BCUT2D eigenvalue weighted by molar-refractivity contribution is 7.89. The zero-order valence-electron chi connectivity index (χ0n) is 11.5. The molecule has 1 unspecified atom stereocenters. The molecule has 0 aliphatic carbocycles. The molecule has 1 rings (SSSR count). The van der Waals surface area contributed by atoms with Gasteiger partial charge in [0.25, 0.3) is 0 Å². The molecule has 0 aromatic carbocycles. The van der Waals surface area contributed by atoms with Crippen LogP contribution in [0.25, 0.3) is 0 Å². The van der Waals surface area contributed by atoms with E-state index in [1.165, 1.54) is 4.90 Å². The highest BCUT2D eigenvalue weighted by atomic mass is 32.2. The van der Waals surface area contributed by atoms with Crippen LogP contribution in [0.4, 0.5) is 4.79 Å². The van der Waals surface area contributed by atoms with Gasteiger partial charge in [-0.15, -0.1) is 0 Å². The topological polar surface area (TPSA) is 116 Å². The zero-order chi connectivity index (χ0) is 15.2. The molecule has 1 fully saturated rings. The van der Waals surface area contributed by atoms with E-state index in [1.807, 2.05) is 0 Å². The van der Waals surface area contributed by atoms with Crippen molar-refractivity contribution in [2.75, 3.05) is 31.9 Å². The fourth-order valence-electron chi connectivity index (χ4n) is 2.06. The van der Waals surface area contributed by atoms with E-state index in [2.05, 4.69) is 10.0 Å². The maximum absolute atomic E-state index is 11.8. The van der Waals surface area contributed by atoms with Gasteiger partial charge in [0.15, 0.2) is 0 Å². The third-order valence-corrected chi connectivity index (χ3v) is 4.54. The van der Waals surface area contributed by atoms with Gasteiger partial charge in [0, 0.05) is 26.2 Å². The zero-order valence-corrected chi connectivity index (χ0v) is 12.3. The monoisotopic (exact) mass is 307 g/mol. The molecule has 1 heterocycles. The van der Waals surface area contributed by atoms with Gasteiger partial charge in [0.05, 0.1) is 11.7 Å². The summed E-state index contributed by atoms with van der Waals surface area (Å²) in [6, 6.07) is -0.414. The largest absolute Gasteiger partial charge is 0.481 e. The van der Waals surface area contributed by atoms with Crippen LogP contribution in [-0.4, -0.2) is 62.4 Å². The van der Waals surface area contributed by atoms with E-state index in [9.17, 15) is 18.0 Å². The molecule has 0 aromatic heterocycles. The number of nitrogens with zero attached hydrogens (tertiary/aromatic N) is 1. The van der Waals surface area contributed by atoms with Crippen LogP contribution < -0.4 is 10.0 Å². The van der Waals surface area contributed by atoms with Gasteiger partial charge >= 0.3 is 12.0 Å². The Kier molecular flexibility index (Phi) is 6.21. The summed E-state index contributed by atoms with van der Waals surface area (Å²) in [4.78, 5) is 24.1. The lowest BCUT2D eigenvalue weighted by molar-refractivity contribution is -0.143. The summed E-state index contributed by atoms with van der Waals surface area (Å²) in [5.74, 6) is -1.64. The summed E-state index contributed by atoms with van der Waals surface area (Å²) in [6.07, 6.45) is 1.20. The van der Waals surface area contributed by atoms with Crippen molar-refractivity contribution in [1.29, 1.82) is 0 Å². The molecule has 0 bridgehead atoms. The van der Waals surface area contributed by atoms with Gasteiger partial charge in [0.1, 0.15) is 0 Å². The van der Waals surface area contributed by atoms with Crippen molar-refractivity contribution < 1.29 is 23.1 Å². The average molecular weight is 307 g/mol. The number of amides is 2. The van der Waals surface area contributed by atoms with Gasteiger partial charge in [-0.2, -0.15) is 0 Å². The van der Waals surface area contributed by atoms with Crippen molar-refractivity contribution in [1.82, 2.24) is 14.9 Å². The molecule has 0 spiro atoms. The standard InChI is InChI=1S/C11H21N3O5S/c1-2-13-20(18,19)7-5-12-11(17)14-6-3-4-9(8-14)10(15)16/h9,13H,2-8H2,1H3,(H,12,17)(H,15,16). The van der Waals surface area contributed by atoms with E-state index in [-0.39, 0.29) is 18.8 Å². The van der Waals surface area contributed by atoms with Crippen LogP contribution in [-0.2, 0) is 14.8 Å². The van der Waals surface area contributed by atoms with E-state index in [0.717, 1.165) is 0 Å². The van der Waals surface area contributed by atoms with Crippen LogP contribution in [0.3, 0.4) is 0 Å². The number of carbonyl (C=O) groups is 2. The normalized spacial score (nSPS) is 19.6. The van der Waals surface area contributed by atoms with Crippen molar-refractivity contribution in [3.63, 3.8) is 0 Å². The van der Waals surface area contributed by atoms with E-state index in [0.29, 0.717) is 25.9 Å². The number of hydrogen-bond acceptors (Lipinski definition) is 4. The number of carboxylic acid groups (broad SMARTS) is 1. The number of piperidine rings is 1. The molecule has 3 N–H and O–H groups in total. The Labute approximate surface area is 118 Å². The summed E-state index contributed by atoms with van der Waals surface area (Å²) < 4.78 is 25.1. The number of likely N-dealkylation sites (tertiary alicyclic amines) is 1. The SMILES string of the molecule is CCNS(=O)(=O)CCNC(=O)N1CCCC(C(=O)O)C1. The Morgan fingerprint density at radius 3 is 2.70 bits per heavy atom. The second-order valence-corrected chi connectivity index (χ2v) is 6.60. The lowest BCUT2D eigenvalue weighted by Gasteiger charge is -2.30. The highest BCUT2D eigenvalue weighted by Crippen LogP contribution is 2.16. The number of aliphatic carboxylic acids is 1. The summed E-state index contributed by atoms with van der Waals surface area (Å²) in [5.41, 5.74) is 0. The predicted molar refractivity (Wildman–Crippen MR) is 72.8 cm³/mol.